The summed E-state index contributed by atoms with van der Waals surface area (Å²) in [4.78, 5) is 11.8. The maximum atomic E-state index is 11.8. The third kappa shape index (κ3) is 2.46. The van der Waals surface area contributed by atoms with E-state index in [0.717, 1.165) is 12.8 Å². The van der Waals surface area contributed by atoms with Gasteiger partial charge in [0, 0.05) is 12.3 Å². The Kier molecular flexibility index (Phi) is 3.71. The van der Waals surface area contributed by atoms with Crippen LogP contribution in [0.3, 0.4) is 0 Å². The van der Waals surface area contributed by atoms with Crippen molar-refractivity contribution in [3.63, 3.8) is 0 Å². The number of carbonyl (C=O) groups is 1. The third-order valence-corrected chi connectivity index (χ3v) is 4.49. The van der Waals surface area contributed by atoms with Gasteiger partial charge in [0.1, 0.15) is 9.84 Å². The van der Waals surface area contributed by atoms with Gasteiger partial charge in [-0.15, -0.1) is 0 Å². The second kappa shape index (κ2) is 4.78. The third-order valence-electron chi connectivity index (χ3n) is 3.80. The molecule has 96 valence electrons. The molecule has 1 spiro atoms. The van der Waals surface area contributed by atoms with E-state index in [1.165, 1.54) is 6.42 Å². The Morgan fingerprint density at radius 2 is 2.18 bits per heavy atom. The van der Waals surface area contributed by atoms with Crippen LogP contribution in [0.5, 0.6) is 0 Å². The van der Waals surface area contributed by atoms with E-state index < -0.39 is 5.79 Å². The first kappa shape index (κ1) is 13.2. The Morgan fingerprint density at radius 1 is 1.47 bits per heavy atom. The van der Waals surface area contributed by atoms with Gasteiger partial charge in [-0.2, -0.15) is 0 Å². The number of hydrogen-bond acceptors (Lipinski definition) is 3. The van der Waals surface area contributed by atoms with Crippen LogP contribution < -0.4 is 0 Å². The minimum absolute atomic E-state index is 0.239. The molecule has 0 amide bonds. The maximum absolute atomic E-state index is 11.8. The molecule has 1 heterocycles. The zero-order chi connectivity index (χ0) is 12.6. The van der Waals surface area contributed by atoms with Crippen molar-refractivity contribution in [2.75, 3.05) is 0 Å². The topological polar surface area (TPSA) is 35.5 Å². The molecular formula is C13H19IO3. The second-order valence-electron chi connectivity index (χ2n) is 5.52. The highest BCUT2D eigenvalue weighted by Crippen LogP contribution is 2.46. The van der Waals surface area contributed by atoms with Gasteiger partial charge in [0.05, 0.1) is 0 Å². The molecule has 2 rings (SSSR count). The van der Waals surface area contributed by atoms with Gasteiger partial charge in [-0.3, -0.25) is 0 Å². The summed E-state index contributed by atoms with van der Waals surface area (Å²) in [7, 11) is 0. The van der Waals surface area contributed by atoms with Crippen molar-refractivity contribution in [1.82, 2.24) is 0 Å². The fraction of sp³-hybridized carbons (Fsp3) is 0.769. The zero-order valence-corrected chi connectivity index (χ0v) is 12.7. The van der Waals surface area contributed by atoms with Crippen LogP contribution in [-0.4, -0.2) is 11.8 Å². The number of hydrogen-bond donors (Lipinski definition) is 0. The molecule has 0 aromatic heterocycles. The normalized spacial score (nSPS) is 37.7. The summed E-state index contributed by atoms with van der Waals surface area (Å²) in [6, 6.07) is 0. The summed E-state index contributed by atoms with van der Waals surface area (Å²) in [6.07, 6.45) is 4.63. The summed E-state index contributed by atoms with van der Waals surface area (Å²) >= 11 is 1.95. The maximum Gasteiger partial charge on any atom is 0.350 e. The molecule has 17 heavy (non-hydrogen) atoms. The number of halogens is 1. The molecule has 1 aliphatic carbocycles. The molecule has 3 nitrogen and oxygen atoms in total. The van der Waals surface area contributed by atoms with Gasteiger partial charge in [-0.05, 0) is 47.3 Å². The van der Waals surface area contributed by atoms with Crippen LogP contribution in [0, 0.1) is 17.8 Å². The van der Waals surface area contributed by atoms with Crippen LogP contribution in [-0.2, 0) is 14.3 Å². The van der Waals surface area contributed by atoms with E-state index in [1.807, 2.05) is 22.6 Å². The Hall–Kier alpha value is -0.260. The SMILES string of the molecule is CC(C)[C@@H]1CC[C@@H](C)C[C@]12OC=C(I)C(=O)O2. The molecule has 0 N–H and O–H groups in total. The van der Waals surface area contributed by atoms with Gasteiger partial charge in [-0.25, -0.2) is 4.79 Å². The Bertz CT molecular complexity index is 351. The van der Waals surface area contributed by atoms with Crippen molar-refractivity contribution in [3.8, 4) is 0 Å². The Balaban J connectivity index is 2.28. The molecule has 0 saturated heterocycles. The summed E-state index contributed by atoms with van der Waals surface area (Å²) in [5, 5.41) is 0. The summed E-state index contributed by atoms with van der Waals surface area (Å²) in [6.45, 7) is 6.53. The van der Waals surface area contributed by atoms with E-state index in [4.69, 9.17) is 9.47 Å². The van der Waals surface area contributed by atoms with Gasteiger partial charge in [0.2, 0.25) is 0 Å². The van der Waals surface area contributed by atoms with E-state index in [-0.39, 0.29) is 5.97 Å². The van der Waals surface area contributed by atoms with Crippen LogP contribution >= 0.6 is 22.6 Å². The average Bonchev–Trinajstić information content (AvgIpc) is 2.23. The number of rotatable bonds is 1. The van der Waals surface area contributed by atoms with E-state index in [0.29, 0.717) is 21.3 Å². The van der Waals surface area contributed by atoms with Gasteiger partial charge in [-0.1, -0.05) is 20.8 Å². The van der Waals surface area contributed by atoms with E-state index >= 15 is 0 Å². The van der Waals surface area contributed by atoms with E-state index in [9.17, 15) is 4.79 Å². The molecule has 0 radical (unpaired) electrons. The lowest BCUT2D eigenvalue weighted by Crippen LogP contribution is -2.51. The molecule has 4 heteroatoms. The summed E-state index contributed by atoms with van der Waals surface area (Å²) in [5.74, 6) is 0.346. The van der Waals surface area contributed by atoms with Crippen LogP contribution in [0.4, 0.5) is 0 Å². The van der Waals surface area contributed by atoms with Crippen molar-refractivity contribution < 1.29 is 14.3 Å². The highest BCUT2D eigenvalue weighted by molar-refractivity contribution is 14.1. The first-order valence-corrected chi connectivity index (χ1v) is 7.29. The molecule has 0 aromatic rings. The number of esters is 1. The lowest BCUT2D eigenvalue weighted by Gasteiger charge is -2.47. The van der Waals surface area contributed by atoms with Crippen molar-refractivity contribution in [2.24, 2.45) is 17.8 Å². The Morgan fingerprint density at radius 3 is 2.76 bits per heavy atom. The first-order chi connectivity index (χ1) is 7.94. The summed E-state index contributed by atoms with van der Waals surface area (Å²) < 4.78 is 12.0. The largest absolute Gasteiger partial charge is 0.458 e. The predicted octanol–water partition coefficient (Wildman–Crippen LogP) is 3.62. The van der Waals surface area contributed by atoms with E-state index in [2.05, 4.69) is 20.8 Å². The van der Waals surface area contributed by atoms with Gasteiger partial charge in [0.15, 0.2) is 0 Å². The average molecular weight is 350 g/mol. The monoisotopic (exact) mass is 350 g/mol. The van der Waals surface area contributed by atoms with Crippen LogP contribution in [0.2, 0.25) is 0 Å². The molecule has 1 saturated carbocycles. The lowest BCUT2D eigenvalue weighted by atomic mass is 9.72. The van der Waals surface area contributed by atoms with E-state index in [1.54, 1.807) is 6.26 Å². The molecule has 3 atom stereocenters. The number of carbonyl (C=O) groups excluding carboxylic acids is 1. The Labute approximate surface area is 116 Å². The van der Waals surface area contributed by atoms with Crippen molar-refractivity contribution >= 4 is 28.6 Å². The van der Waals surface area contributed by atoms with Gasteiger partial charge >= 0.3 is 5.97 Å². The van der Waals surface area contributed by atoms with Crippen LogP contribution in [0.25, 0.3) is 0 Å². The molecule has 1 fully saturated rings. The fourth-order valence-corrected chi connectivity index (χ4v) is 3.18. The lowest BCUT2D eigenvalue weighted by molar-refractivity contribution is -0.261. The smallest absolute Gasteiger partial charge is 0.350 e. The van der Waals surface area contributed by atoms with Crippen molar-refractivity contribution in [1.29, 1.82) is 0 Å². The molecular weight excluding hydrogens is 331 g/mol. The fourth-order valence-electron chi connectivity index (χ4n) is 2.95. The van der Waals surface area contributed by atoms with Gasteiger partial charge in [0.25, 0.3) is 5.79 Å². The number of ether oxygens (including phenoxy) is 2. The first-order valence-electron chi connectivity index (χ1n) is 6.21. The summed E-state index contributed by atoms with van der Waals surface area (Å²) in [5.41, 5.74) is 0. The molecule has 2 aliphatic rings. The standard InChI is InChI=1S/C13H19IO3/c1-8(2)10-5-4-9(3)6-13(10)16-7-11(14)12(15)17-13/h7-10H,4-6H2,1-3H3/t9-,10+,13-/m1/s1. The predicted molar refractivity (Wildman–Crippen MR) is 73.4 cm³/mol. The zero-order valence-electron chi connectivity index (χ0n) is 10.5. The minimum Gasteiger partial charge on any atom is -0.458 e. The minimum atomic E-state index is -0.711. The second-order valence-corrected chi connectivity index (χ2v) is 6.68. The highest BCUT2D eigenvalue weighted by Gasteiger charge is 2.51. The molecule has 0 bridgehead atoms. The molecule has 1 aliphatic heterocycles. The van der Waals surface area contributed by atoms with Crippen molar-refractivity contribution in [2.45, 2.75) is 45.8 Å². The van der Waals surface area contributed by atoms with Crippen LogP contribution in [0.15, 0.2) is 9.84 Å². The van der Waals surface area contributed by atoms with Gasteiger partial charge < -0.3 is 9.47 Å². The van der Waals surface area contributed by atoms with Crippen LogP contribution in [0.1, 0.15) is 40.0 Å². The van der Waals surface area contributed by atoms with Crippen molar-refractivity contribution in [3.05, 3.63) is 9.84 Å². The quantitative estimate of drug-likeness (QED) is 0.535. The molecule has 0 unspecified atom stereocenters. The highest BCUT2D eigenvalue weighted by atomic mass is 127. The molecule has 0 aromatic carbocycles.